The van der Waals surface area contributed by atoms with Crippen molar-refractivity contribution in [1.82, 2.24) is 24.9 Å². The molecule has 0 unspecified atom stereocenters. The van der Waals surface area contributed by atoms with Gasteiger partial charge in [-0.15, -0.1) is 0 Å². The summed E-state index contributed by atoms with van der Waals surface area (Å²) in [5, 5.41) is 19.7. The van der Waals surface area contributed by atoms with E-state index in [4.69, 9.17) is 5.11 Å². The van der Waals surface area contributed by atoms with Crippen LogP contribution in [0, 0.1) is 6.92 Å². The predicted molar refractivity (Wildman–Crippen MR) is 153 cm³/mol. The largest absolute Gasteiger partial charge is 0.395 e. The van der Waals surface area contributed by atoms with Gasteiger partial charge in [-0.1, -0.05) is 25.1 Å². The third-order valence-electron chi connectivity index (χ3n) is 7.07. The quantitative estimate of drug-likeness (QED) is 0.369. The maximum Gasteiger partial charge on any atom is 0.317 e. The summed E-state index contributed by atoms with van der Waals surface area (Å²) < 4.78 is 1.75. The Bertz CT molecular complexity index is 1270. The van der Waals surface area contributed by atoms with E-state index in [1.54, 1.807) is 15.8 Å². The fourth-order valence-electron chi connectivity index (χ4n) is 4.79. The molecule has 1 aromatic heterocycles. The van der Waals surface area contributed by atoms with Crippen molar-refractivity contribution in [1.29, 1.82) is 0 Å². The highest BCUT2D eigenvalue weighted by Crippen LogP contribution is 2.30. The van der Waals surface area contributed by atoms with Crippen LogP contribution in [0.2, 0.25) is 0 Å². The van der Waals surface area contributed by atoms with E-state index in [0.717, 1.165) is 47.8 Å². The molecule has 10 nitrogen and oxygen atoms in total. The fourth-order valence-corrected chi connectivity index (χ4v) is 4.79. The lowest BCUT2D eigenvalue weighted by molar-refractivity contribution is 0.0986. The Balaban J connectivity index is 1.44. The number of amides is 3. The first-order valence-electron chi connectivity index (χ1n) is 13.5. The van der Waals surface area contributed by atoms with Gasteiger partial charge in [0.25, 0.3) is 5.91 Å². The summed E-state index contributed by atoms with van der Waals surface area (Å²) in [6.07, 6.45) is 2.54. The molecule has 3 amide bonds. The van der Waals surface area contributed by atoms with Crippen molar-refractivity contribution in [3.05, 3.63) is 71.4 Å². The Morgan fingerprint density at radius 3 is 2.51 bits per heavy atom. The molecule has 0 spiro atoms. The number of nitrogens with zero attached hydrogens (tertiary/aromatic N) is 5. The number of nitrogens with one attached hydrogen (secondary N) is 2. The number of carbonyl (C=O) groups excluding carboxylic acids is 2. The van der Waals surface area contributed by atoms with Crippen molar-refractivity contribution in [3.8, 4) is 0 Å². The number of urea groups is 1. The van der Waals surface area contributed by atoms with Gasteiger partial charge in [0.15, 0.2) is 0 Å². The lowest BCUT2D eigenvalue weighted by Crippen LogP contribution is -2.52. The minimum absolute atomic E-state index is 0.0736. The first-order valence-corrected chi connectivity index (χ1v) is 13.5. The molecule has 2 aromatic carbocycles. The van der Waals surface area contributed by atoms with E-state index in [9.17, 15) is 9.59 Å². The third kappa shape index (κ3) is 6.96. The SMILES string of the molecule is CCCN(C(=O)c1ccc(CNC(=O)N2CCN(CCO)CC2)c(C)c1)c1ccccc1Nc1ccnn1C. The van der Waals surface area contributed by atoms with Crippen molar-refractivity contribution < 1.29 is 14.7 Å². The number of para-hydroxylation sites is 2. The van der Waals surface area contributed by atoms with Gasteiger partial charge in [-0.05, 0) is 48.7 Å². The maximum absolute atomic E-state index is 13.8. The van der Waals surface area contributed by atoms with Crippen LogP contribution in [0.4, 0.5) is 22.0 Å². The lowest BCUT2D eigenvalue weighted by Gasteiger charge is -2.34. The number of benzene rings is 2. The van der Waals surface area contributed by atoms with Gasteiger partial charge in [0.1, 0.15) is 5.82 Å². The normalized spacial score (nSPS) is 13.8. The van der Waals surface area contributed by atoms with E-state index in [2.05, 4.69) is 27.6 Å². The third-order valence-corrected chi connectivity index (χ3v) is 7.07. The molecular weight excluding hydrogens is 494 g/mol. The van der Waals surface area contributed by atoms with Crippen LogP contribution in [0.3, 0.4) is 0 Å². The highest BCUT2D eigenvalue weighted by molar-refractivity contribution is 6.08. The highest BCUT2D eigenvalue weighted by Gasteiger charge is 2.22. The van der Waals surface area contributed by atoms with Crippen LogP contribution in [0.1, 0.15) is 34.8 Å². The zero-order valence-electron chi connectivity index (χ0n) is 23.1. The second-order valence-corrected chi connectivity index (χ2v) is 9.79. The number of aryl methyl sites for hydroxylation is 2. The van der Waals surface area contributed by atoms with Gasteiger partial charge in [0.2, 0.25) is 0 Å². The van der Waals surface area contributed by atoms with E-state index in [0.29, 0.717) is 38.3 Å². The van der Waals surface area contributed by atoms with Crippen molar-refractivity contribution in [3.63, 3.8) is 0 Å². The fraction of sp³-hybridized carbons (Fsp3) is 0.414. The van der Waals surface area contributed by atoms with Crippen LogP contribution in [0.15, 0.2) is 54.7 Å². The number of aliphatic hydroxyl groups excluding tert-OH is 1. The molecule has 3 aromatic rings. The number of aromatic nitrogens is 2. The summed E-state index contributed by atoms with van der Waals surface area (Å²) in [5.74, 6) is 0.760. The molecule has 0 atom stereocenters. The molecule has 3 N–H and O–H groups in total. The zero-order valence-corrected chi connectivity index (χ0v) is 23.1. The molecule has 0 saturated carbocycles. The Morgan fingerprint density at radius 1 is 1.08 bits per heavy atom. The monoisotopic (exact) mass is 533 g/mol. The Morgan fingerprint density at radius 2 is 1.85 bits per heavy atom. The average molecular weight is 534 g/mol. The topological polar surface area (TPSA) is 106 Å². The molecule has 0 bridgehead atoms. The molecule has 2 heterocycles. The molecule has 1 aliphatic rings. The summed E-state index contributed by atoms with van der Waals surface area (Å²) in [7, 11) is 1.87. The summed E-state index contributed by atoms with van der Waals surface area (Å²) in [6.45, 7) is 8.58. The smallest absolute Gasteiger partial charge is 0.317 e. The van der Waals surface area contributed by atoms with Crippen LogP contribution in [-0.4, -0.2) is 82.5 Å². The molecule has 1 fully saturated rings. The first-order chi connectivity index (χ1) is 18.9. The summed E-state index contributed by atoms with van der Waals surface area (Å²) in [5.41, 5.74) is 4.16. The molecule has 1 aliphatic heterocycles. The molecule has 10 heteroatoms. The lowest BCUT2D eigenvalue weighted by atomic mass is 10.0. The number of anilines is 3. The molecule has 0 aliphatic carbocycles. The van der Waals surface area contributed by atoms with Crippen molar-refractivity contribution in [2.24, 2.45) is 7.05 Å². The van der Waals surface area contributed by atoms with Gasteiger partial charge in [0, 0.05) is 64.5 Å². The minimum atomic E-state index is -0.0927. The Kier molecular flexibility index (Phi) is 9.56. The molecular formula is C29H39N7O3. The van der Waals surface area contributed by atoms with Gasteiger partial charge in [0.05, 0.1) is 24.2 Å². The van der Waals surface area contributed by atoms with Crippen LogP contribution in [0.25, 0.3) is 0 Å². The van der Waals surface area contributed by atoms with Gasteiger partial charge in [-0.3, -0.25) is 14.4 Å². The molecule has 208 valence electrons. The number of hydrogen-bond acceptors (Lipinski definition) is 6. The van der Waals surface area contributed by atoms with E-state index in [-0.39, 0.29) is 18.5 Å². The zero-order chi connectivity index (χ0) is 27.8. The van der Waals surface area contributed by atoms with Crippen molar-refractivity contribution >= 4 is 29.1 Å². The van der Waals surface area contributed by atoms with Crippen molar-refractivity contribution in [2.45, 2.75) is 26.8 Å². The number of piperazine rings is 1. The summed E-state index contributed by atoms with van der Waals surface area (Å²) in [6, 6.07) is 15.2. The van der Waals surface area contributed by atoms with Gasteiger partial charge in [-0.25, -0.2) is 4.79 Å². The van der Waals surface area contributed by atoms with Gasteiger partial charge >= 0.3 is 6.03 Å². The van der Waals surface area contributed by atoms with Crippen molar-refractivity contribution in [2.75, 3.05) is 56.1 Å². The van der Waals surface area contributed by atoms with Gasteiger partial charge < -0.3 is 25.5 Å². The molecule has 39 heavy (non-hydrogen) atoms. The van der Waals surface area contributed by atoms with Gasteiger partial charge in [-0.2, -0.15) is 5.10 Å². The Labute approximate surface area is 230 Å². The number of aliphatic hydroxyl groups is 1. The standard InChI is InChI=1S/C29H39N7O3/c1-4-13-36(26-8-6-5-7-25(26)32-27-11-12-31-33(27)3)28(38)23-9-10-24(22(2)20-23)21-30-29(39)35-16-14-34(15-17-35)18-19-37/h5-12,20,32,37H,4,13-19,21H2,1-3H3,(H,30,39). The predicted octanol–water partition coefficient (Wildman–Crippen LogP) is 3.35. The number of hydrogen-bond donors (Lipinski definition) is 3. The number of β-amino-alcohol motifs (C(OH)–C–C–N with tert-alkyl or cyclic N) is 1. The molecule has 0 radical (unpaired) electrons. The van der Waals surface area contributed by atoms with Crippen LogP contribution in [-0.2, 0) is 13.6 Å². The van der Waals surface area contributed by atoms with E-state index < -0.39 is 0 Å². The average Bonchev–Trinajstić information content (AvgIpc) is 3.35. The second-order valence-electron chi connectivity index (χ2n) is 9.79. The van der Waals surface area contributed by atoms with E-state index in [1.165, 1.54) is 0 Å². The van der Waals surface area contributed by atoms with Crippen LogP contribution >= 0.6 is 0 Å². The van der Waals surface area contributed by atoms with Crippen LogP contribution in [0.5, 0.6) is 0 Å². The molecule has 1 saturated heterocycles. The maximum atomic E-state index is 13.8. The summed E-state index contributed by atoms with van der Waals surface area (Å²) in [4.78, 5) is 32.2. The number of carbonyl (C=O) groups is 2. The minimum Gasteiger partial charge on any atom is -0.395 e. The Hall–Kier alpha value is -3.89. The molecule has 4 rings (SSSR count). The highest BCUT2D eigenvalue weighted by atomic mass is 16.3. The number of rotatable bonds is 10. The first kappa shape index (κ1) is 28.1. The second kappa shape index (κ2) is 13.3. The van der Waals surface area contributed by atoms with E-state index in [1.807, 2.05) is 67.4 Å². The van der Waals surface area contributed by atoms with Crippen LogP contribution < -0.4 is 15.5 Å². The van der Waals surface area contributed by atoms with E-state index >= 15 is 0 Å². The summed E-state index contributed by atoms with van der Waals surface area (Å²) >= 11 is 0.